The molecule has 0 saturated carbocycles. The molecular formula is C14H9ClFNO4. The average molecular weight is 310 g/mol. The quantitative estimate of drug-likeness (QED) is 0.477. The molecule has 2 aromatic carbocycles. The van der Waals surface area contributed by atoms with Crippen molar-refractivity contribution in [3.05, 3.63) is 62.9 Å². The number of hydrogen-bond donors (Lipinski definition) is 0. The molecule has 0 aliphatic heterocycles. The average Bonchev–Trinajstić information content (AvgIpc) is 2.43. The molecule has 0 fully saturated rings. The van der Waals surface area contributed by atoms with E-state index in [9.17, 15) is 19.3 Å². The lowest BCUT2D eigenvalue weighted by molar-refractivity contribution is -0.385. The van der Waals surface area contributed by atoms with Gasteiger partial charge in [0.2, 0.25) is 5.75 Å². The molecule has 0 aromatic heterocycles. The summed E-state index contributed by atoms with van der Waals surface area (Å²) in [7, 11) is 0. The molecule has 2 aromatic rings. The monoisotopic (exact) mass is 309 g/mol. The lowest BCUT2D eigenvalue weighted by Gasteiger charge is -2.07. The normalized spacial score (nSPS) is 10.2. The van der Waals surface area contributed by atoms with Gasteiger partial charge in [-0.3, -0.25) is 14.9 Å². The standard InChI is InChI=1S/C14H9ClFNO4/c1-8(18)9-2-5-14(13(6-9)17(19)20)21-10-3-4-12(16)11(15)7-10/h2-7H,1H3. The Hall–Kier alpha value is -2.47. The number of rotatable bonds is 4. The van der Waals surface area contributed by atoms with Crippen molar-refractivity contribution in [2.75, 3.05) is 0 Å². The number of carbonyl (C=O) groups is 1. The van der Waals surface area contributed by atoms with Crippen molar-refractivity contribution in [3.63, 3.8) is 0 Å². The van der Waals surface area contributed by atoms with E-state index in [0.29, 0.717) is 0 Å². The number of nitro groups is 1. The van der Waals surface area contributed by atoms with Gasteiger partial charge in [-0.15, -0.1) is 0 Å². The summed E-state index contributed by atoms with van der Waals surface area (Å²) >= 11 is 5.62. The minimum absolute atomic E-state index is 0.0623. The number of halogens is 2. The summed E-state index contributed by atoms with van der Waals surface area (Å²) in [4.78, 5) is 21.6. The lowest BCUT2D eigenvalue weighted by Crippen LogP contribution is -1.98. The summed E-state index contributed by atoms with van der Waals surface area (Å²) in [5.74, 6) is -0.826. The van der Waals surface area contributed by atoms with E-state index in [1.807, 2.05) is 0 Å². The zero-order valence-electron chi connectivity index (χ0n) is 10.8. The molecule has 7 heteroatoms. The van der Waals surface area contributed by atoms with Gasteiger partial charge in [-0.25, -0.2) is 4.39 Å². The minimum Gasteiger partial charge on any atom is -0.450 e. The van der Waals surface area contributed by atoms with E-state index in [0.717, 1.165) is 12.1 Å². The summed E-state index contributed by atoms with van der Waals surface area (Å²) < 4.78 is 18.4. The van der Waals surface area contributed by atoms with Crippen molar-refractivity contribution in [1.82, 2.24) is 0 Å². The Morgan fingerprint density at radius 3 is 2.57 bits per heavy atom. The fourth-order valence-corrected chi connectivity index (χ4v) is 1.80. The molecule has 0 amide bonds. The van der Waals surface area contributed by atoms with E-state index in [2.05, 4.69) is 0 Å². The number of ether oxygens (including phenoxy) is 1. The van der Waals surface area contributed by atoms with Crippen LogP contribution in [0.1, 0.15) is 17.3 Å². The molecule has 0 unspecified atom stereocenters. The maximum absolute atomic E-state index is 13.1. The summed E-state index contributed by atoms with van der Waals surface area (Å²) in [5, 5.41) is 10.9. The maximum Gasteiger partial charge on any atom is 0.312 e. The number of benzene rings is 2. The van der Waals surface area contributed by atoms with Crippen molar-refractivity contribution < 1.29 is 18.8 Å². The van der Waals surface area contributed by atoms with Crippen LogP contribution in [0.25, 0.3) is 0 Å². The molecule has 0 radical (unpaired) electrons. The highest BCUT2D eigenvalue weighted by Gasteiger charge is 2.18. The van der Waals surface area contributed by atoms with Crippen molar-refractivity contribution in [2.24, 2.45) is 0 Å². The van der Waals surface area contributed by atoms with E-state index >= 15 is 0 Å². The van der Waals surface area contributed by atoms with Gasteiger partial charge < -0.3 is 4.74 Å². The van der Waals surface area contributed by atoms with Crippen molar-refractivity contribution in [2.45, 2.75) is 6.92 Å². The lowest BCUT2D eigenvalue weighted by atomic mass is 10.1. The highest BCUT2D eigenvalue weighted by molar-refractivity contribution is 6.30. The summed E-state index contributed by atoms with van der Waals surface area (Å²) in [6, 6.07) is 7.45. The Morgan fingerprint density at radius 2 is 2.00 bits per heavy atom. The van der Waals surface area contributed by atoms with Crippen molar-refractivity contribution in [1.29, 1.82) is 0 Å². The predicted octanol–water partition coefficient (Wildman–Crippen LogP) is 4.38. The van der Waals surface area contributed by atoms with Crippen LogP contribution in [-0.2, 0) is 0 Å². The Labute approximate surface area is 124 Å². The van der Waals surface area contributed by atoms with E-state index in [1.165, 1.54) is 31.2 Å². The Balaban J connectivity index is 2.41. The van der Waals surface area contributed by atoms with Crippen LogP contribution < -0.4 is 4.74 Å². The SMILES string of the molecule is CC(=O)c1ccc(Oc2ccc(F)c(Cl)c2)c([N+](=O)[O-])c1. The third-order valence-electron chi connectivity index (χ3n) is 2.68. The molecule has 0 bridgehead atoms. The molecule has 0 N–H and O–H groups in total. The van der Waals surface area contributed by atoms with E-state index < -0.39 is 10.7 Å². The molecule has 108 valence electrons. The van der Waals surface area contributed by atoms with Gasteiger partial charge in [0.05, 0.1) is 9.95 Å². The topological polar surface area (TPSA) is 69.4 Å². The van der Waals surface area contributed by atoms with E-state index in [-0.39, 0.29) is 33.6 Å². The highest BCUT2D eigenvalue weighted by Crippen LogP contribution is 2.33. The van der Waals surface area contributed by atoms with Gasteiger partial charge in [0.15, 0.2) is 5.78 Å². The van der Waals surface area contributed by atoms with Gasteiger partial charge in [-0.2, -0.15) is 0 Å². The maximum atomic E-state index is 13.1. The molecule has 0 atom stereocenters. The number of nitro benzene ring substituents is 1. The number of ketones is 1. The van der Waals surface area contributed by atoms with Gasteiger partial charge in [-0.05, 0) is 31.2 Å². The number of hydrogen-bond acceptors (Lipinski definition) is 4. The van der Waals surface area contributed by atoms with Crippen LogP contribution in [0, 0.1) is 15.9 Å². The number of Topliss-reactive ketones (excluding diaryl/α,β-unsaturated/α-hetero) is 1. The van der Waals surface area contributed by atoms with E-state index in [4.69, 9.17) is 16.3 Å². The van der Waals surface area contributed by atoms with Crippen LogP contribution in [0.4, 0.5) is 10.1 Å². The third-order valence-corrected chi connectivity index (χ3v) is 2.97. The first-order valence-electron chi connectivity index (χ1n) is 5.81. The van der Waals surface area contributed by atoms with Crippen molar-refractivity contribution >= 4 is 23.1 Å². The number of nitrogens with zero attached hydrogens (tertiary/aromatic N) is 1. The van der Waals surface area contributed by atoms with Crippen LogP contribution in [0.2, 0.25) is 5.02 Å². The highest BCUT2D eigenvalue weighted by atomic mass is 35.5. The largest absolute Gasteiger partial charge is 0.450 e. The van der Waals surface area contributed by atoms with Gasteiger partial charge in [0.1, 0.15) is 11.6 Å². The molecule has 0 aliphatic carbocycles. The molecule has 5 nitrogen and oxygen atoms in total. The van der Waals surface area contributed by atoms with Gasteiger partial charge in [0.25, 0.3) is 0 Å². The zero-order valence-corrected chi connectivity index (χ0v) is 11.6. The molecule has 0 heterocycles. The van der Waals surface area contributed by atoms with E-state index in [1.54, 1.807) is 0 Å². The van der Waals surface area contributed by atoms with Crippen LogP contribution in [0.3, 0.4) is 0 Å². The molecule has 21 heavy (non-hydrogen) atoms. The first-order chi connectivity index (χ1) is 9.88. The molecule has 0 saturated heterocycles. The van der Waals surface area contributed by atoms with Crippen LogP contribution in [0.15, 0.2) is 36.4 Å². The predicted molar refractivity (Wildman–Crippen MR) is 74.6 cm³/mol. The second-order valence-electron chi connectivity index (χ2n) is 4.17. The zero-order chi connectivity index (χ0) is 15.6. The first-order valence-corrected chi connectivity index (χ1v) is 6.18. The second kappa shape index (κ2) is 5.88. The Bertz CT molecular complexity index is 733. The van der Waals surface area contributed by atoms with Crippen LogP contribution >= 0.6 is 11.6 Å². The third kappa shape index (κ3) is 3.35. The van der Waals surface area contributed by atoms with Gasteiger partial charge >= 0.3 is 5.69 Å². The van der Waals surface area contributed by atoms with Crippen LogP contribution in [-0.4, -0.2) is 10.7 Å². The summed E-state index contributed by atoms with van der Waals surface area (Å²) in [5.41, 5.74) is -0.158. The Morgan fingerprint density at radius 1 is 1.29 bits per heavy atom. The second-order valence-corrected chi connectivity index (χ2v) is 4.58. The van der Waals surface area contributed by atoms with Crippen molar-refractivity contribution in [3.8, 4) is 11.5 Å². The molecule has 0 aliphatic rings. The van der Waals surface area contributed by atoms with Crippen LogP contribution in [0.5, 0.6) is 11.5 Å². The van der Waals surface area contributed by atoms with Gasteiger partial charge in [-0.1, -0.05) is 11.6 Å². The first kappa shape index (κ1) is 14.9. The fraction of sp³-hybridized carbons (Fsp3) is 0.0714. The summed E-state index contributed by atoms with van der Waals surface area (Å²) in [6.45, 7) is 1.30. The van der Waals surface area contributed by atoms with Gasteiger partial charge in [0, 0.05) is 17.7 Å². The number of carbonyl (C=O) groups excluding carboxylic acids is 1. The minimum atomic E-state index is -0.660. The molecule has 0 spiro atoms. The summed E-state index contributed by atoms with van der Waals surface area (Å²) in [6.07, 6.45) is 0. The fourth-order valence-electron chi connectivity index (χ4n) is 1.63. The molecule has 2 rings (SSSR count). The Kier molecular flexibility index (Phi) is 4.18. The smallest absolute Gasteiger partial charge is 0.312 e. The molecular weight excluding hydrogens is 301 g/mol.